The molecule has 0 saturated carbocycles. The SMILES string of the molecule is OC1CCN(c2ccc(CNC3CCOCC3)cc2F)CC1. The second kappa shape index (κ2) is 7.40. The molecule has 2 N–H and O–H groups in total. The van der Waals surface area contributed by atoms with Crippen molar-refractivity contribution in [2.45, 2.75) is 44.4 Å². The van der Waals surface area contributed by atoms with Gasteiger partial charge in [-0.3, -0.25) is 0 Å². The van der Waals surface area contributed by atoms with E-state index < -0.39 is 0 Å². The average Bonchev–Trinajstić information content (AvgIpc) is 2.55. The summed E-state index contributed by atoms with van der Waals surface area (Å²) >= 11 is 0. The Morgan fingerprint density at radius 2 is 1.91 bits per heavy atom. The number of hydrogen-bond acceptors (Lipinski definition) is 4. The minimum absolute atomic E-state index is 0.164. The van der Waals surface area contributed by atoms with Crippen LogP contribution in [-0.2, 0) is 11.3 Å². The summed E-state index contributed by atoms with van der Waals surface area (Å²) in [6.45, 7) is 3.76. The molecule has 2 saturated heterocycles. The zero-order valence-electron chi connectivity index (χ0n) is 12.9. The number of nitrogens with one attached hydrogen (secondary N) is 1. The quantitative estimate of drug-likeness (QED) is 0.894. The van der Waals surface area contributed by atoms with Gasteiger partial charge in [0.15, 0.2) is 0 Å². The number of anilines is 1. The molecule has 4 nitrogen and oxygen atoms in total. The van der Waals surface area contributed by atoms with Gasteiger partial charge in [0.1, 0.15) is 5.82 Å². The first kappa shape index (κ1) is 15.7. The third-order valence-corrected chi connectivity index (χ3v) is 4.63. The molecule has 0 atom stereocenters. The number of halogens is 1. The van der Waals surface area contributed by atoms with E-state index in [2.05, 4.69) is 5.32 Å². The molecule has 0 unspecified atom stereocenters. The van der Waals surface area contributed by atoms with Gasteiger partial charge in [0, 0.05) is 38.9 Å². The fraction of sp³-hybridized carbons (Fsp3) is 0.647. The summed E-state index contributed by atoms with van der Waals surface area (Å²) in [6, 6.07) is 5.97. The Morgan fingerprint density at radius 1 is 1.18 bits per heavy atom. The highest BCUT2D eigenvalue weighted by molar-refractivity contribution is 5.49. The molecule has 0 spiro atoms. The standard InChI is InChI=1S/C17H25FN2O2/c18-16-11-13(12-19-14-5-9-22-10-6-14)1-2-17(16)20-7-3-15(21)4-8-20/h1-2,11,14-15,19,21H,3-10,12H2. The van der Waals surface area contributed by atoms with Gasteiger partial charge in [-0.25, -0.2) is 4.39 Å². The largest absolute Gasteiger partial charge is 0.393 e. The number of piperidine rings is 1. The van der Waals surface area contributed by atoms with E-state index in [1.165, 1.54) is 0 Å². The number of rotatable bonds is 4. The van der Waals surface area contributed by atoms with Gasteiger partial charge in [-0.1, -0.05) is 6.07 Å². The summed E-state index contributed by atoms with van der Waals surface area (Å²) in [6.07, 6.45) is 3.24. The van der Waals surface area contributed by atoms with Crippen molar-refractivity contribution in [2.75, 3.05) is 31.2 Å². The molecule has 1 aromatic carbocycles. The lowest BCUT2D eigenvalue weighted by molar-refractivity contribution is 0.0776. The Bertz CT molecular complexity index is 484. The fourth-order valence-electron chi connectivity index (χ4n) is 3.19. The maximum atomic E-state index is 14.3. The van der Waals surface area contributed by atoms with Gasteiger partial charge in [-0.2, -0.15) is 0 Å². The smallest absolute Gasteiger partial charge is 0.146 e. The highest BCUT2D eigenvalue weighted by Gasteiger charge is 2.20. The van der Waals surface area contributed by atoms with Crippen LogP contribution in [0.3, 0.4) is 0 Å². The summed E-state index contributed by atoms with van der Waals surface area (Å²) in [4.78, 5) is 2.03. The van der Waals surface area contributed by atoms with Crippen LogP contribution < -0.4 is 10.2 Å². The van der Waals surface area contributed by atoms with Crippen molar-refractivity contribution in [2.24, 2.45) is 0 Å². The summed E-state index contributed by atoms with van der Waals surface area (Å²) in [7, 11) is 0. The first-order chi connectivity index (χ1) is 10.7. The fourth-order valence-corrected chi connectivity index (χ4v) is 3.19. The van der Waals surface area contributed by atoms with Crippen LogP contribution >= 0.6 is 0 Å². The molecule has 2 heterocycles. The van der Waals surface area contributed by atoms with Gasteiger partial charge in [-0.15, -0.1) is 0 Å². The van der Waals surface area contributed by atoms with E-state index in [0.717, 1.165) is 44.7 Å². The Balaban J connectivity index is 1.57. The molecule has 22 heavy (non-hydrogen) atoms. The summed E-state index contributed by atoms with van der Waals surface area (Å²) < 4.78 is 19.7. The van der Waals surface area contributed by atoms with Crippen LogP contribution in [0.25, 0.3) is 0 Å². The molecule has 3 rings (SSSR count). The molecule has 2 aliphatic rings. The van der Waals surface area contributed by atoms with Gasteiger partial charge in [0.2, 0.25) is 0 Å². The molecule has 0 radical (unpaired) electrons. The highest BCUT2D eigenvalue weighted by Crippen LogP contribution is 2.24. The van der Waals surface area contributed by atoms with Crippen molar-refractivity contribution in [3.05, 3.63) is 29.6 Å². The maximum Gasteiger partial charge on any atom is 0.146 e. The van der Waals surface area contributed by atoms with Crippen LogP contribution in [0.15, 0.2) is 18.2 Å². The minimum atomic E-state index is -0.234. The second-order valence-electron chi connectivity index (χ2n) is 6.27. The number of benzene rings is 1. The molecule has 0 amide bonds. The van der Waals surface area contributed by atoms with Crippen molar-refractivity contribution in [3.63, 3.8) is 0 Å². The summed E-state index contributed by atoms with van der Waals surface area (Å²) in [5.74, 6) is -0.164. The van der Waals surface area contributed by atoms with Crippen LogP contribution in [0.1, 0.15) is 31.2 Å². The summed E-state index contributed by atoms with van der Waals surface area (Å²) in [5.41, 5.74) is 1.63. The molecule has 2 aliphatic heterocycles. The highest BCUT2D eigenvalue weighted by atomic mass is 19.1. The zero-order chi connectivity index (χ0) is 15.4. The predicted molar refractivity (Wildman–Crippen MR) is 84.5 cm³/mol. The zero-order valence-corrected chi connectivity index (χ0v) is 12.9. The van der Waals surface area contributed by atoms with Crippen molar-refractivity contribution >= 4 is 5.69 Å². The second-order valence-corrected chi connectivity index (χ2v) is 6.27. The monoisotopic (exact) mass is 308 g/mol. The number of aliphatic hydroxyl groups is 1. The van der Waals surface area contributed by atoms with E-state index in [9.17, 15) is 9.50 Å². The van der Waals surface area contributed by atoms with Gasteiger partial charge < -0.3 is 20.1 Å². The predicted octanol–water partition coefficient (Wildman–Crippen LogP) is 2.06. The molecule has 1 aromatic rings. The number of aliphatic hydroxyl groups excluding tert-OH is 1. The van der Waals surface area contributed by atoms with E-state index in [4.69, 9.17) is 4.74 Å². The first-order valence-electron chi connectivity index (χ1n) is 8.25. The lowest BCUT2D eigenvalue weighted by atomic mass is 10.1. The van der Waals surface area contributed by atoms with Crippen LogP contribution in [0, 0.1) is 5.82 Å². The molecule has 5 heteroatoms. The molecular formula is C17H25FN2O2. The minimum Gasteiger partial charge on any atom is -0.393 e. The van der Waals surface area contributed by atoms with Crippen LogP contribution in [0.4, 0.5) is 10.1 Å². The molecule has 0 aliphatic carbocycles. The lowest BCUT2D eigenvalue weighted by Gasteiger charge is -2.31. The molecule has 2 fully saturated rings. The number of hydrogen-bond donors (Lipinski definition) is 2. The molecular weight excluding hydrogens is 283 g/mol. The average molecular weight is 308 g/mol. The van der Waals surface area contributed by atoms with E-state index in [1.54, 1.807) is 6.07 Å². The van der Waals surface area contributed by atoms with Crippen LogP contribution in [0.5, 0.6) is 0 Å². The lowest BCUT2D eigenvalue weighted by Crippen LogP contribution is -2.36. The Morgan fingerprint density at radius 3 is 2.59 bits per heavy atom. The molecule has 122 valence electrons. The maximum absolute atomic E-state index is 14.3. The molecule has 0 bridgehead atoms. The van der Waals surface area contributed by atoms with Crippen LogP contribution in [0.2, 0.25) is 0 Å². The van der Waals surface area contributed by atoms with E-state index in [0.29, 0.717) is 31.1 Å². The van der Waals surface area contributed by atoms with Gasteiger partial charge in [-0.05, 0) is 43.4 Å². The Kier molecular flexibility index (Phi) is 5.28. The van der Waals surface area contributed by atoms with Gasteiger partial charge in [0.25, 0.3) is 0 Å². The van der Waals surface area contributed by atoms with Crippen molar-refractivity contribution < 1.29 is 14.2 Å². The van der Waals surface area contributed by atoms with E-state index in [-0.39, 0.29) is 11.9 Å². The third kappa shape index (κ3) is 3.97. The van der Waals surface area contributed by atoms with Gasteiger partial charge >= 0.3 is 0 Å². The van der Waals surface area contributed by atoms with Crippen molar-refractivity contribution in [1.82, 2.24) is 5.32 Å². The van der Waals surface area contributed by atoms with E-state index in [1.807, 2.05) is 17.0 Å². The van der Waals surface area contributed by atoms with E-state index >= 15 is 0 Å². The Labute approximate surface area is 131 Å². The topological polar surface area (TPSA) is 44.7 Å². The Hall–Kier alpha value is -1.17. The normalized spacial score (nSPS) is 21.3. The summed E-state index contributed by atoms with van der Waals surface area (Å²) in [5, 5.41) is 13.0. The van der Waals surface area contributed by atoms with Crippen molar-refractivity contribution in [1.29, 1.82) is 0 Å². The third-order valence-electron chi connectivity index (χ3n) is 4.63. The molecule has 0 aromatic heterocycles. The number of nitrogens with zero attached hydrogens (tertiary/aromatic N) is 1. The van der Waals surface area contributed by atoms with Crippen LogP contribution in [-0.4, -0.2) is 43.6 Å². The van der Waals surface area contributed by atoms with Crippen molar-refractivity contribution in [3.8, 4) is 0 Å². The van der Waals surface area contributed by atoms with Gasteiger partial charge in [0.05, 0.1) is 11.8 Å². The number of ether oxygens (including phenoxy) is 1. The first-order valence-corrected chi connectivity index (χ1v) is 8.25.